The van der Waals surface area contributed by atoms with Gasteiger partial charge in [-0.05, 0) is 30.3 Å². The number of benzene rings is 1. The van der Waals surface area contributed by atoms with Crippen molar-refractivity contribution in [1.82, 2.24) is 19.4 Å². The Morgan fingerprint density at radius 3 is 2.55 bits per heavy atom. The predicted octanol–water partition coefficient (Wildman–Crippen LogP) is 2.87. The van der Waals surface area contributed by atoms with Crippen LogP contribution < -0.4 is 0 Å². The first-order chi connectivity index (χ1) is 14.7. The third kappa shape index (κ3) is 4.27. The molecule has 31 heavy (non-hydrogen) atoms. The summed E-state index contributed by atoms with van der Waals surface area (Å²) in [6, 6.07) is 8.23. The summed E-state index contributed by atoms with van der Waals surface area (Å²) in [6.07, 6.45) is 3.06. The van der Waals surface area contributed by atoms with Crippen LogP contribution in [0.5, 0.6) is 0 Å². The highest BCUT2D eigenvalue weighted by atomic mass is 19.1. The van der Waals surface area contributed by atoms with E-state index in [4.69, 9.17) is 0 Å². The third-order valence-electron chi connectivity index (χ3n) is 5.30. The molecule has 4 rings (SSSR count). The number of halogens is 2. The Hall–Kier alpha value is -3.69. The molecule has 10 heteroatoms. The average Bonchev–Trinajstić information content (AvgIpc) is 3.10. The number of aryl methyl sites for hydroxylation is 1. The summed E-state index contributed by atoms with van der Waals surface area (Å²) in [5.41, 5.74) is -0.945. The van der Waals surface area contributed by atoms with E-state index in [1.54, 1.807) is 24.0 Å². The average molecular weight is 427 g/mol. The lowest BCUT2D eigenvalue weighted by molar-refractivity contribution is -0.385. The van der Waals surface area contributed by atoms with Gasteiger partial charge in [0.2, 0.25) is 5.91 Å². The zero-order valence-corrected chi connectivity index (χ0v) is 16.7. The Balaban J connectivity index is 1.48. The molecular weight excluding hydrogens is 408 g/mol. The summed E-state index contributed by atoms with van der Waals surface area (Å²) in [5.74, 6) is -0.280. The van der Waals surface area contributed by atoms with Gasteiger partial charge in [0.25, 0.3) is 5.69 Å². The highest BCUT2D eigenvalue weighted by Crippen LogP contribution is 2.30. The number of imidazole rings is 1. The van der Waals surface area contributed by atoms with Gasteiger partial charge in [0.1, 0.15) is 17.3 Å². The minimum absolute atomic E-state index is 0.0164. The summed E-state index contributed by atoms with van der Waals surface area (Å²) < 4.78 is 29.8. The minimum atomic E-state index is -1.58. The van der Waals surface area contributed by atoms with E-state index in [9.17, 15) is 23.7 Å². The number of nitrogens with zero attached hydrogens (tertiary/aromatic N) is 5. The van der Waals surface area contributed by atoms with Gasteiger partial charge < -0.3 is 9.47 Å². The molecule has 0 N–H and O–H groups in total. The highest BCUT2D eigenvalue weighted by molar-refractivity contribution is 5.81. The highest BCUT2D eigenvalue weighted by Gasteiger charge is 2.46. The Kier molecular flexibility index (Phi) is 5.22. The number of nitro groups is 1. The smallest absolute Gasteiger partial charge is 0.291 e. The second-order valence-corrected chi connectivity index (χ2v) is 7.63. The van der Waals surface area contributed by atoms with Gasteiger partial charge >= 0.3 is 0 Å². The van der Waals surface area contributed by atoms with Crippen molar-refractivity contribution in [3.05, 3.63) is 76.2 Å². The summed E-state index contributed by atoms with van der Waals surface area (Å²) in [7, 11) is 1.77. The van der Waals surface area contributed by atoms with Gasteiger partial charge in [-0.15, -0.1) is 0 Å². The Morgan fingerprint density at radius 2 is 1.94 bits per heavy atom. The number of rotatable bonds is 6. The number of hydrogen-bond donors (Lipinski definition) is 0. The van der Waals surface area contributed by atoms with Crippen molar-refractivity contribution < 1.29 is 18.5 Å². The number of pyridine rings is 1. The Bertz CT molecular complexity index is 1140. The van der Waals surface area contributed by atoms with Crippen molar-refractivity contribution in [3.63, 3.8) is 0 Å². The van der Waals surface area contributed by atoms with E-state index >= 15 is 0 Å². The van der Waals surface area contributed by atoms with Crippen molar-refractivity contribution >= 4 is 11.6 Å². The fourth-order valence-corrected chi connectivity index (χ4v) is 3.60. The standard InChI is InChI=1S/C21H19F2N5O3/c1-26-9-8-24-19(26)11-21(23)12-27(13-21)20(29)10-17-18(28(30)31)7-6-16(25-17)14-2-4-15(22)5-3-14/h2-9H,10-13H2,1H3. The second kappa shape index (κ2) is 7.86. The molecule has 8 nitrogen and oxygen atoms in total. The molecule has 0 atom stereocenters. The Morgan fingerprint density at radius 1 is 1.23 bits per heavy atom. The lowest BCUT2D eigenvalue weighted by Gasteiger charge is -2.44. The van der Waals surface area contributed by atoms with Crippen LogP contribution in [0.1, 0.15) is 11.5 Å². The van der Waals surface area contributed by atoms with E-state index in [-0.39, 0.29) is 37.3 Å². The van der Waals surface area contributed by atoms with Gasteiger partial charge in [0.05, 0.1) is 30.1 Å². The maximum Gasteiger partial charge on any atom is 0.291 e. The molecule has 0 saturated carbocycles. The lowest BCUT2D eigenvalue weighted by atomic mass is 9.91. The number of aromatic nitrogens is 3. The van der Waals surface area contributed by atoms with Crippen LogP contribution in [0.25, 0.3) is 11.3 Å². The number of carbonyl (C=O) groups excluding carboxylic acids is 1. The van der Waals surface area contributed by atoms with Crippen molar-refractivity contribution in [2.24, 2.45) is 7.05 Å². The molecule has 0 aliphatic carbocycles. The number of carbonyl (C=O) groups is 1. The molecule has 1 aliphatic rings. The Labute approximate surface area is 176 Å². The quantitative estimate of drug-likeness (QED) is 0.445. The number of likely N-dealkylation sites (tertiary alicyclic amines) is 1. The van der Waals surface area contributed by atoms with Crippen LogP contribution in [-0.2, 0) is 24.7 Å². The molecule has 3 heterocycles. The van der Waals surface area contributed by atoms with Gasteiger partial charge in [-0.2, -0.15) is 0 Å². The largest absolute Gasteiger partial charge is 0.338 e. The van der Waals surface area contributed by atoms with Crippen molar-refractivity contribution in [2.75, 3.05) is 13.1 Å². The van der Waals surface area contributed by atoms with E-state index in [1.165, 1.54) is 41.3 Å². The van der Waals surface area contributed by atoms with Crippen LogP contribution in [0.3, 0.4) is 0 Å². The molecule has 1 aliphatic heterocycles. The fraction of sp³-hybridized carbons (Fsp3) is 0.286. The molecule has 160 valence electrons. The molecule has 1 saturated heterocycles. The third-order valence-corrected chi connectivity index (χ3v) is 5.30. The van der Waals surface area contributed by atoms with Crippen molar-refractivity contribution in [2.45, 2.75) is 18.5 Å². The zero-order valence-electron chi connectivity index (χ0n) is 16.7. The second-order valence-electron chi connectivity index (χ2n) is 7.63. The van der Waals surface area contributed by atoms with E-state index < -0.39 is 22.3 Å². The maximum absolute atomic E-state index is 14.9. The molecule has 2 aromatic heterocycles. The van der Waals surface area contributed by atoms with Crippen molar-refractivity contribution in [3.8, 4) is 11.3 Å². The number of alkyl halides is 1. The van der Waals surface area contributed by atoms with E-state index in [0.717, 1.165) is 0 Å². The summed E-state index contributed by atoms with van der Waals surface area (Å²) in [6.45, 7) is -0.214. The normalized spacial score (nSPS) is 14.9. The van der Waals surface area contributed by atoms with Crippen LogP contribution in [0.2, 0.25) is 0 Å². The summed E-state index contributed by atoms with van der Waals surface area (Å²) in [4.78, 5) is 33.1. The van der Waals surface area contributed by atoms with Crippen LogP contribution in [0, 0.1) is 15.9 Å². The summed E-state index contributed by atoms with van der Waals surface area (Å²) in [5, 5.41) is 11.4. The minimum Gasteiger partial charge on any atom is -0.338 e. The number of hydrogen-bond acceptors (Lipinski definition) is 5. The van der Waals surface area contributed by atoms with Gasteiger partial charge in [-0.3, -0.25) is 14.9 Å². The van der Waals surface area contributed by atoms with Crippen LogP contribution >= 0.6 is 0 Å². The van der Waals surface area contributed by atoms with Crippen LogP contribution in [0.15, 0.2) is 48.8 Å². The zero-order chi connectivity index (χ0) is 22.2. The molecule has 0 bridgehead atoms. The fourth-order valence-electron chi connectivity index (χ4n) is 3.60. The predicted molar refractivity (Wildman–Crippen MR) is 107 cm³/mol. The van der Waals surface area contributed by atoms with Crippen molar-refractivity contribution in [1.29, 1.82) is 0 Å². The molecule has 3 aromatic rings. The topological polar surface area (TPSA) is 94.2 Å². The summed E-state index contributed by atoms with van der Waals surface area (Å²) >= 11 is 0. The monoisotopic (exact) mass is 427 g/mol. The first-order valence-electron chi connectivity index (χ1n) is 9.57. The van der Waals surface area contributed by atoms with Gasteiger partial charge in [0, 0.05) is 37.5 Å². The molecular formula is C21H19F2N5O3. The van der Waals surface area contributed by atoms with Gasteiger partial charge in [0.15, 0.2) is 5.67 Å². The molecule has 1 aromatic carbocycles. The first kappa shape index (κ1) is 20.6. The van der Waals surface area contributed by atoms with Gasteiger partial charge in [-0.25, -0.2) is 18.7 Å². The lowest BCUT2D eigenvalue weighted by Crippen LogP contribution is -2.62. The van der Waals surface area contributed by atoms with Gasteiger partial charge in [-0.1, -0.05) is 0 Å². The number of amides is 1. The van der Waals surface area contributed by atoms with Crippen LogP contribution in [0.4, 0.5) is 14.5 Å². The molecule has 0 spiro atoms. The molecule has 0 radical (unpaired) electrons. The molecule has 1 amide bonds. The van der Waals surface area contributed by atoms with E-state index in [1.807, 2.05) is 0 Å². The molecule has 1 fully saturated rings. The first-order valence-corrected chi connectivity index (χ1v) is 9.57. The SMILES string of the molecule is Cn1ccnc1CC1(F)CN(C(=O)Cc2nc(-c3ccc(F)cc3)ccc2[N+](=O)[O-])C1. The van der Waals surface area contributed by atoms with E-state index in [2.05, 4.69) is 9.97 Å². The van der Waals surface area contributed by atoms with E-state index in [0.29, 0.717) is 17.1 Å². The van der Waals surface area contributed by atoms with Crippen LogP contribution in [-0.4, -0.2) is 49.0 Å². The maximum atomic E-state index is 14.9. The molecule has 0 unspecified atom stereocenters.